The summed E-state index contributed by atoms with van der Waals surface area (Å²) in [5, 5.41) is 5.15. The molecule has 0 radical (unpaired) electrons. The van der Waals surface area contributed by atoms with Crippen LogP contribution in [-0.4, -0.2) is 82.3 Å². The Hall–Kier alpha value is -2.69. The minimum Gasteiger partial charge on any atom is -0.450 e. The molecule has 10 nitrogen and oxygen atoms in total. The second kappa shape index (κ2) is 8.58. The van der Waals surface area contributed by atoms with Crippen LogP contribution in [0.4, 0.5) is 9.93 Å². The van der Waals surface area contributed by atoms with E-state index in [0.29, 0.717) is 50.0 Å². The van der Waals surface area contributed by atoms with Gasteiger partial charge in [0.15, 0.2) is 0 Å². The Kier molecular flexibility index (Phi) is 5.89. The van der Waals surface area contributed by atoms with Gasteiger partial charge in [-0.1, -0.05) is 11.3 Å². The number of hydrogen-bond donors (Lipinski definition) is 0. The number of piperazine rings is 1. The van der Waals surface area contributed by atoms with Gasteiger partial charge in [0.2, 0.25) is 16.0 Å². The third-order valence-corrected chi connectivity index (χ3v) is 6.49. The average molecular weight is 435 g/mol. The Balaban J connectivity index is 1.41. The number of aryl methyl sites for hydroxylation is 1. The molecule has 30 heavy (non-hydrogen) atoms. The summed E-state index contributed by atoms with van der Waals surface area (Å²) >= 11 is 1.37. The molecule has 2 aromatic rings. The van der Waals surface area contributed by atoms with Crippen LogP contribution in [0.2, 0.25) is 0 Å². The zero-order valence-corrected chi connectivity index (χ0v) is 18.1. The van der Waals surface area contributed by atoms with Gasteiger partial charge >= 0.3 is 6.09 Å². The van der Waals surface area contributed by atoms with Gasteiger partial charge < -0.3 is 19.4 Å². The summed E-state index contributed by atoms with van der Waals surface area (Å²) in [5.74, 6) is 0.00165. The predicted molar refractivity (Wildman–Crippen MR) is 112 cm³/mol. The first-order valence-corrected chi connectivity index (χ1v) is 11.1. The lowest BCUT2D eigenvalue weighted by Gasteiger charge is -2.38. The number of hydrogen-bond acceptors (Lipinski definition) is 8. The fourth-order valence-corrected chi connectivity index (χ4v) is 4.96. The molecule has 0 aromatic carbocycles. The van der Waals surface area contributed by atoms with Gasteiger partial charge in [0.05, 0.1) is 12.5 Å². The highest BCUT2D eigenvalue weighted by Gasteiger charge is 2.33. The second-order valence-corrected chi connectivity index (χ2v) is 8.55. The molecule has 2 fully saturated rings. The maximum Gasteiger partial charge on any atom is 0.409 e. The van der Waals surface area contributed by atoms with E-state index in [2.05, 4.69) is 15.0 Å². The quantitative estimate of drug-likeness (QED) is 0.710. The monoisotopic (exact) mass is 434 g/mol. The van der Waals surface area contributed by atoms with Crippen molar-refractivity contribution < 1.29 is 14.3 Å². The van der Waals surface area contributed by atoms with Crippen molar-refractivity contribution in [3.8, 4) is 0 Å². The number of aromatic nitrogens is 3. The van der Waals surface area contributed by atoms with Crippen molar-refractivity contribution in [2.75, 3.05) is 50.8 Å². The van der Waals surface area contributed by atoms with E-state index < -0.39 is 0 Å². The Labute approximate surface area is 178 Å². The summed E-state index contributed by atoms with van der Waals surface area (Å²) < 4.78 is 6.37. The molecule has 2 saturated heterocycles. The molecule has 4 heterocycles. The van der Waals surface area contributed by atoms with Crippen LogP contribution < -0.4 is 10.5 Å². The lowest BCUT2D eigenvalue weighted by Crippen LogP contribution is -2.53. The van der Waals surface area contributed by atoms with Gasteiger partial charge in [-0.3, -0.25) is 9.59 Å². The molecular formula is C19H26N6O4S. The first-order chi connectivity index (χ1) is 14.5. The molecule has 2 amide bonds. The molecular weight excluding hydrogens is 408 g/mol. The van der Waals surface area contributed by atoms with E-state index in [4.69, 9.17) is 4.74 Å². The number of anilines is 1. The highest BCUT2D eigenvalue weighted by atomic mass is 32.1. The summed E-state index contributed by atoms with van der Waals surface area (Å²) in [6, 6.07) is 1.47. The van der Waals surface area contributed by atoms with E-state index >= 15 is 0 Å². The van der Waals surface area contributed by atoms with Gasteiger partial charge in [0.1, 0.15) is 0 Å². The summed E-state index contributed by atoms with van der Waals surface area (Å²) in [5.41, 5.74) is 0.480. The van der Waals surface area contributed by atoms with Crippen LogP contribution in [-0.2, 0) is 9.53 Å². The highest BCUT2D eigenvalue weighted by molar-refractivity contribution is 7.20. The standard InChI is InChI=1S/C19H26N6O4S/c1-3-29-19(28)23-9-7-22(8-10-23)16(27)14-5-4-6-24(12-14)18-21-25-15(26)11-13(2)20-17(25)30-18/h11,14H,3-10,12H2,1-2H3/t14-/m1/s1. The number of carbonyl (C=O) groups is 2. The Bertz CT molecular complexity index is 997. The summed E-state index contributed by atoms with van der Waals surface area (Å²) in [4.78, 5) is 47.6. The van der Waals surface area contributed by atoms with E-state index in [-0.39, 0.29) is 23.5 Å². The van der Waals surface area contributed by atoms with Gasteiger partial charge in [0, 0.05) is 51.0 Å². The van der Waals surface area contributed by atoms with E-state index in [1.54, 1.807) is 18.7 Å². The number of rotatable bonds is 3. The van der Waals surface area contributed by atoms with Gasteiger partial charge in [-0.05, 0) is 26.7 Å². The Morgan fingerprint density at radius 3 is 2.67 bits per heavy atom. The fraction of sp³-hybridized carbons (Fsp3) is 0.632. The highest BCUT2D eigenvalue weighted by Crippen LogP contribution is 2.28. The minimum absolute atomic E-state index is 0.119. The number of ether oxygens (including phenoxy) is 1. The van der Waals surface area contributed by atoms with Crippen LogP contribution >= 0.6 is 11.3 Å². The Morgan fingerprint density at radius 1 is 1.20 bits per heavy atom. The predicted octanol–water partition coefficient (Wildman–Crippen LogP) is 0.977. The Morgan fingerprint density at radius 2 is 1.93 bits per heavy atom. The molecule has 0 bridgehead atoms. The zero-order valence-electron chi connectivity index (χ0n) is 17.2. The number of fused-ring (bicyclic) bond motifs is 1. The first-order valence-electron chi connectivity index (χ1n) is 10.3. The second-order valence-electron chi connectivity index (χ2n) is 7.61. The molecule has 162 valence electrons. The lowest BCUT2D eigenvalue weighted by atomic mass is 9.96. The van der Waals surface area contributed by atoms with Crippen molar-refractivity contribution in [1.29, 1.82) is 0 Å². The maximum absolute atomic E-state index is 13.1. The van der Waals surface area contributed by atoms with Gasteiger partial charge in [0.25, 0.3) is 5.56 Å². The fourth-order valence-electron chi connectivity index (χ4n) is 3.97. The van der Waals surface area contributed by atoms with E-state index in [9.17, 15) is 14.4 Å². The van der Waals surface area contributed by atoms with Gasteiger partial charge in [-0.15, -0.1) is 5.10 Å². The summed E-state index contributed by atoms with van der Waals surface area (Å²) in [7, 11) is 0. The van der Waals surface area contributed by atoms with Gasteiger partial charge in [-0.25, -0.2) is 9.78 Å². The van der Waals surface area contributed by atoms with Crippen molar-refractivity contribution in [3.05, 3.63) is 22.1 Å². The van der Waals surface area contributed by atoms with Crippen LogP contribution in [0.15, 0.2) is 10.9 Å². The van der Waals surface area contributed by atoms with Crippen LogP contribution in [0.1, 0.15) is 25.5 Å². The summed E-state index contributed by atoms with van der Waals surface area (Å²) in [6.45, 7) is 7.33. The van der Waals surface area contributed by atoms with Crippen molar-refractivity contribution >= 4 is 33.4 Å². The lowest BCUT2D eigenvalue weighted by molar-refractivity contribution is -0.137. The number of amides is 2. The maximum atomic E-state index is 13.1. The van der Waals surface area contributed by atoms with Gasteiger partial charge in [-0.2, -0.15) is 4.52 Å². The molecule has 0 spiro atoms. The summed E-state index contributed by atoms with van der Waals surface area (Å²) in [6.07, 6.45) is 1.40. The number of carbonyl (C=O) groups excluding carboxylic acids is 2. The molecule has 0 aliphatic carbocycles. The first kappa shape index (κ1) is 20.6. The number of piperidine rings is 1. The van der Waals surface area contributed by atoms with Crippen molar-refractivity contribution in [2.24, 2.45) is 5.92 Å². The topological polar surface area (TPSA) is 100 Å². The molecule has 0 saturated carbocycles. The van der Waals surface area contributed by atoms with Crippen LogP contribution in [0.3, 0.4) is 0 Å². The van der Waals surface area contributed by atoms with Crippen molar-refractivity contribution in [3.63, 3.8) is 0 Å². The van der Waals surface area contributed by atoms with Crippen molar-refractivity contribution in [1.82, 2.24) is 24.4 Å². The smallest absolute Gasteiger partial charge is 0.409 e. The average Bonchev–Trinajstić information content (AvgIpc) is 3.18. The molecule has 4 rings (SSSR count). The SMILES string of the molecule is CCOC(=O)N1CCN(C(=O)[C@@H]2CCCN(c3nn4c(=O)cc(C)nc4s3)C2)CC1. The molecule has 0 N–H and O–H groups in total. The molecule has 2 aliphatic rings. The third-order valence-electron chi connectivity index (χ3n) is 5.52. The van der Waals surface area contributed by atoms with Crippen LogP contribution in [0.5, 0.6) is 0 Å². The van der Waals surface area contributed by atoms with E-state index in [1.165, 1.54) is 21.9 Å². The van der Waals surface area contributed by atoms with E-state index in [0.717, 1.165) is 24.5 Å². The minimum atomic E-state index is -0.316. The van der Waals surface area contributed by atoms with Crippen LogP contribution in [0, 0.1) is 12.8 Å². The van der Waals surface area contributed by atoms with Crippen molar-refractivity contribution in [2.45, 2.75) is 26.7 Å². The molecule has 11 heteroatoms. The molecule has 2 aromatic heterocycles. The third kappa shape index (κ3) is 4.11. The van der Waals surface area contributed by atoms with E-state index in [1.807, 2.05) is 4.90 Å². The zero-order chi connectivity index (χ0) is 21.3. The molecule has 2 aliphatic heterocycles. The normalized spacial score (nSPS) is 19.9. The largest absolute Gasteiger partial charge is 0.450 e. The molecule has 0 unspecified atom stereocenters. The van der Waals surface area contributed by atoms with Crippen LogP contribution in [0.25, 0.3) is 4.96 Å². The molecule has 1 atom stereocenters. The number of nitrogens with zero attached hydrogens (tertiary/aromatic N) is 6.